The summed E-state index contributed by atoms with van der Waals surface area (Å²) in [4.78, 5) is 10.1. The smallest absolute Gasteiger partial charge is 0.312 e. The van der Waals surface area contributed by atoms with Crippen molar-refractivity contribution in [1.29, 1.82) is 0 Å². The Morgan fingerprint density at radius 2 is 1.68 bits per heavy atom. The normalized spacial score (nSPS) is 11.4. The average Bonchev–Trinajstić information content (AvgIpc) is 2.58. The van der Waals surface area contributed by atoms with Crippen molar-refractivity contribution in [3.63, 3.8) is 0 Å². The van der Waals surface area contributed by atoms with E-state index in [9.17, 15) is 18.5 Å². The van der Waals surface area contributed by atoms with Gasteiger partial charge in [-0.25, -0.2) is 13.6 Å². The molecule has 0 heterocycles. The number of para-hydroxylation sites is 1. The minimum atomic E-state index is -4.20. The van der Waals surface area contributed by atoms with Crippen molar-refractivity contribution in [2.24, 2.45) is 5.14 Å². The Hall–Kier alpha value is -2.97. The highest BCUT2D eigenvalue weighted by Crippen LogP contribution is 2.32. The molecule has 0 spiro atoms. The van der Waals surface area contributed by atoms with Crippen LogP contribution in [0.3, 0.4) is 0 Å². The van der Waals surface area contributed by atoms with Crippen LogP contribution >= 0.6 is 0 Å². The molecule has 3 rings (SSSR count). The summed E-state index contributed by atoms with van der Waals surface area (Å²) in [5.41, 5.74) is 0.489. The zero-order valence-electron chi connectivity index (χ0n) is 13.0. The number of benzene rings is 3. The lowest BCUT2D eigenvalue weighted by Gasteiger charge is -2.11. The second kappa shape index (κ2) is 6.50. The third-order valence-corrected chi connectivity index (χ3v) is 4.78. The Morgan fingerprint density at radius 1 is 1.00 bits per heavy atom. The van der Waals surface area contributed by atoms with E-state index < -0.39 is 25.5 Å². The highest BCUT2D eigenvalue weighted by molar-refractivity contribution is 7.89. The van der Waals surface area contributed by atoms with Gasteiger partial charge in [-0.05, 0) is 28.5 Å². The number of hydrogen-bond donors (Lipinski definition) is 2. The third kappa shape index (κ3) is 3.44. The number of rotatable bonds is 5. The zero-order chi connectivity index (χ0) is 18.0. The third-order valence-electron chi connectivity index (χ3n) is 3.84. The number of primary sulfonamides is 1. The summed E-state index contributed by atoms with van der Waals surface area (Å²) in [5.74, 6) is 0. The van der Waals surface area contributed by atoms with Crippen molar-refractivity contribution >= 4 is 32.2 Å². The second-order valence-electron chi connectivity index (χ2n) is 5.45. The molecule has 3 N–H and O–H groups in total. The topological polar surface area (TPSA) is 115 Å². The van der Waals surface area contributed by atoms with Gasteiger partial charge in [0.05, 0.1) is 4.92 Å². The van der Waals surface area contributed by atoms with Crippen molar-refractivity contribution in [3.05, 3.63) is 76.3 Å². The van der Waals surface area contributed by atoms with Crippen molar-refractivity contribution < 1.29 is 13.3 Å². The number of nitrogens with two attached hydrogens (primary N) is 1. The maximum absolute atomic E-state index is 11.6. The van der Waals surface area contributed by atoms with E-state index in [1.165, 1.54) is 12.1 Å². The first kappa shape index (κ1) is 16.9. The Balaban J connectivity index is 2.00. The van der Waals surface area contributed by atoms with Crippen molar-refractivity contribution in [3.8, 4) is 0 Å². The fraction of sp³-hybridized carbons (Fsp3) is 0.0588. The molecule has 0 atom stereocenters. The quantitative estimate of drug-likeness (QED) is 0.538. The summed E-state index contributed by atoms with van der Waals surface area (Å²) in [6.45, 7) is 0.302. The highest BCUT2D eigenvalue weighted by atomic mass is 32.2. The summed E-state index contributed by atoms with van der Waals surface area (Å²) in [6, 6.07) is 17.6. The Morgan fingerprint density at radius 3 is 2.40 bits per heavy atom. The standard InChI is InChI=1S/C17H15N3O4S/c18-25(23,24)16-10-4-9-15(17(16)20(21)22)19-11-13-7-3-6-12-5-1-2-8-14(12)13/h1-10,19H,11H2,(H2,18,23,24). The minimum absolute atomic E-state index is 0.101. The summed E-state index contributed by atoms with van der Waals surface area (Å²) in [6.07, 6.45) is 0. The SMILES string of the molecule is NS(=O)(=O)c1cccc(NCc2cccc3ccccc23)c1[N+](=O)[O-]. The van der Waals surface area contributed by atoms with Gasteiger partial charge in [-0.3, -0.25) is 10.1 Å². The van der Waals surface area contributed by atoms with Crippen LogP contribution in [0, 0.1) is 10.1 Å². The molecule has 0 saturated carbocycles. The van der Waals surface area contributed by atoms with Crippen molar-refractivity contribution in [2.75, 3.05) is 5.32 Å². The molecule has 0 unspecified atom stereocenters. The summed E-state index contributed by atoms with van der Waals surface area (Å²) >= 11 is 0. The highest BCUT2D eigenvalue weighted by Gasteiger charge is 2.26. The molecular weight excluding hydrogens is 342 g/mol. The van der Waals surface area contributed by atoms with Gasteiger partial charge in [0.25, 0.3) is 0 Å². The molecule has 0 bridgehead atoms. The van der Waals surface area contributed by atoms with Crippen LogP contribution in [0.2, 0.25) is 0 Å². The van der Waals surface area contributed by atoms with E-state index in [0.717, 1.165) is 22.4 Å². The first-order valence-electron chi connectivity index (χ1n) is 7.38. The lowest BCUT2D eigenvalue weighted by Crippen LogP contribution is -2.15. The van der Waals surface area contributed by atoms with E-state index in [4.69, 9.17) is 5.14 Å². The first-order chi connectivity index (χ1) is 11.9. The number of anilines is 1. The van der Waals surface area contributed by atoms with Crippen LogP contribution in [0.15, 0.2) is 65.6 Å². The molecule has 3 aromatic rings. The van der Waals surface area contributed by atoms with E-state index >= 15 is 0 Å². The van der Waals surface area contributed by atoms with E-state index in [2.05, 4.69) is 5.32 Å². The first-order valence-corrected chi connectivity index (χ1v) is 8.93. The number of nitro benzene ring substituents is 1. The predicted molar refractivity (Wildman–Crippen MR) is 95.7 cm³/mol. The molecule has 7 nitrogen and oxygen atoms in total. The van der Waals surface area contributed by atoms with Gasteiger partial charge in [-0.2, -0.15) is 0 Å². The number of nitrogens with one attached hydrogen (secondary N) is 1. The Labute approximate surface area is 144 Å². The van der Waals surface area contributed by atoms with Gasteiger partial charge in [0.1, 0.15) is 5.69 Å². The van der Waals surface area contributed by atoms with E-state index in [1.807, 2.05) is 42.5 Å². The molecule has 0 aliphatic heterocycles. The number of sulfonamides is 1. The van der Waals surface area contributed by atoms with Crippen molar-refractivity contribution in [2.45, 2.75) is 11.4 Å². The van der Waals surface area contributed by atoms with Crippen LogP contribution in [0.4, 0.5) is 11.4 Å². The molecule has 0 aromatic heterocycles. The molecule has 8 heteroatoms. The molecule has 3 aromatic carbocycles. The van der Waals surface area contributed by atoms with Crippen LogP contribution < -0.4 is 10.5 Å². The summed E-state index contributed by atoms with van der Waals surface area (Å²) in [5, 5.41) is 21.5. The molecule has 25 heavy (non-hydrogen) atoms. The molecule has 0 saturated heterocycles. The van der Waals surface area contributed by atoms with Gasteiger partial charge in [0, 0.05) is 6.54 Å². The van der Waals surface area contributed by atoms with Gasteiger partial charge < -0.3 is 5.32 Å². The van der Waals surface area contributed by atoms with Gasteiger partial charge in [0.2, 0.25) is 10.0 Å². The van der Waals surface area contributed by atoms with Gasteiger partial charge >= 0.3 is 5.69 Å². The summed E-state index contributed by atoms with van der Waals surface area (Å²) in [7, 11) is -4.20. The number of nitro groups is 1. The predicted octanol–water partition coefficient (Wildman–Crippen LogP) is 3.01. The maximum Gasteiger partial charge on any atom is 0.312 e. The molecule has 0 radical (unpaired) electrons. The number of hydrogen-bond acceptors (Lipinski definition) is 5. The van der Waals surface area contributed by atoms with Gasteiger partial charge in [0.15, 0.2) is 4.90 Å². The second-order valence-corrected chi connectivity index (χ2v) is 6.98. The van der Waals surface area contributed by atoms with Crippen LogP contribution in [0.1, 0.15) is 5.56 Å². The molecular formula is C17H15N3O4S. The zero-order valence-corrected chi connectivity index (χ0v) is 13.9. The maximum atomic E-state index is 11.6. The molecule has 0 aliphatic carbocycles. The van der Waals surface area contributed by atoms with E-state index in [-0.39, 0.29) is 5.69 Å². The monoisotopic (exact) mass is 357 g/mol. The number of fused-ring (bicyclic) bond motifs is 1. The molecule has 128 valence electrons. The van der Waals surface area contributed by atoms with Crippen LogP contribution in [0.5, 0.6) is 0 Å². The van der Waals surface area contributed by atoms with Crippen LogP contribution in [-0.4, -0.2) is 13.3 Å². The molecule has 0 aliphatic rings. The van der Waals surface area contributed by atoms with Crippen LogP contribution in [0.25, 0.3) is 10.8 Å². The average molecular weight is 357 g/mol. The van der Waals surface area contributed by atoms with Gasteiger partial charge in [-0.15, -0.1) is 0 Å². The minimum Gasteiger partial charge on any atom is -0.375 e. The van der Waals surface area contributed by atoms with Crippen molar-refractivity contribution in [1.82, 2.24) is 0 Å². The molecule has 0 amide bonds. The summed E-state index contributed by atoms with van der Waals surface area (Å²) < 4.78 is 23.2. The molecule has 0 fully saturated rings. The van der Waals surface area contributed by atoms with E-state index in [1.54, 1.807) is 0 Å². The van der Waals surface area contributed by atoms with E-state index in [0.29, 0.717) is 6.54 Å². The Kier molecular flexibility index (Phi) is 4.39. The number of nitrogens with zero attached hydrogens (tertiary/aromatic N) is 1. The lowest BCUT2D eigenvalue weighted by atomic mass is 10.0. The van der Waals surface area contributed by atoms with Crippen LogP contribution in [-0.2, 0) is 16.6 Å². The largest absolute Gasteiger partial charge is 0.375 e. The lowest BCUT2D eigenvalue weighted by molar-refractivity contribution is -0.386. The fourth-order valence-electron chi connectivity index (χ4n) is 2.72. The fourth-order valence-corrected chi connectivity index (χ4v) is 3.44. The Bertz CT molecular complexity index is 1060. The van der Waals surface area contributed by atoms with Gasteiger partial charge in [-0.1, -0.05) is 48.5 Å².